The molecule has 0 saturated carbocycles. The van der Waals surface area contributed by atoms with E-state index in [1.54, 1.807) is 6.07 Å². The monoisotopic (exact) mass is 384 g/mol. The van der Waals surface area contributed by atoms with Crippen molar-refractivity contribution in [3.05, 3.63) is 48.7 Å². The molecule has 4 aromatic rings. The fourth-order valence-electron chi connectivity index (χ4n) is 2.81. The SMILES string of the molecule is CC.[B]c1cc(N(CC(F)F)c2nc3nncn3c3cccc(F)c23)ccn1. The summed E-state index contributed by atoms with van der Waals surface area (Å²) in [5.41, 5.74) is 0.880. The van der Waals surface area contributed by atoms with Gasteiger partial charge in [0, 0.05) is 11.9 Å². The maximum atomic E-state index is 14.6. The molecule has 0 atom stereocenters. The Bertz CT molecular complexity index is 1100. The minimum atomic E-state index is -2.69. The molecule has 0 aliphatic heterocycles. The molecule has 3 heterocycles. The van der Waals surface area contributed by atoms with Crippen LogP contribution >= 0.6 is 0 Å². The standard InChI is InChI=1S/C16H10BF3N6.C2H6/c17-12-6-9(4-5-21-12)25(7-13(19)20)15-14-10(18)2-1-3-11(14)26-8-22-24-16(26)23-15;1-2/h1-6,8,13H,7H2;1-2H3. The van der Waals surface area contributed by atoms with Crippen LogP contribution in [0.5, 0.6) is 0 Å². The molecule has 0 spiro atoms. The third-order valence-electron chi connectivity index (χ3n) is 3.86. The summed E-state index contributed by atoms with van der Waals surface area (Å²) in [6.07, 6.45) is 0.0784. The summed E-state index contributed by atoms with van der Waals surface area (Å²) in [7, 11) is 5.68. The highest BCUT2D eigenvalue weighted by Crippen LogP contribution is 2.32. The maximum Gasteiger partial charge on any atom is 0.257 e. The summed E-state index contributed by atoms with van der Waals surface area (Å²) < 4.78 is 42.7. The Hall–Kier alpha value is -3.17. The summed E-state index contributed by atoms with van der Waals surface area (Å²) in [4.78, 5) is 9.32. The number of hydrogen-bond donors (Lipinski definition) is 0. The highest BCUT2D eigenvalue weighted by Gasteiger charge is 2.22. The van der Waals surface area contributed by atoms with E-state index in [1.165, 1.54) is 46.1 Å². The molecule has 3 aromatic heterocycles. The molecule has 10 heteroatoms. The van der Waals surface area contributed by atoms with Crippen LogP contribution in [0.2, 0.25) is 0 Å². The van der Waals surface area contributed by atoms with Gasteiger partial charge in [0.25, 0.3) is 12.2 Å². The Morgan fingerprint density at radius 1 is 1.21 bits per heavy atom. The van der Waals surface area contributed by atoms with Crippen molar-refractivity contribution in [3.63, 3.8) is 0 Å². The van der Waals surface area contributed by atoms with E-state index in [0.29, 0.717) is 11.2 Å². The van der Waals surface area contributed by atoms with Crippen LogP contribution < -0.4 is 10.5 Å². The van der Waals surface area contributed by atoms with E-state index in [0.717, 1.165) is 0 Å². The molecule has 28 heavy (non-hydrogen) atoms. The van der Waals surface area contributed by atoms with E-state index in [-0.39, 0.29) is 22.6 Å². The van der Waals surface area contributed by atoms with Gasteiger partial charge in [0.05, 0.1) is 17.4 Å². The van der Waals surface area contributed by atoms with Gasteiger partial charge in [-0.3, -0.25) is 9.38 Å². The van der Waals surface area contributed by atoms with Crippen LogP contribution in [0, 0.1) is 5.82 Å². The van der Waals surface area contributed by atoms with Crippen LogP contribution in [0.4, 0.5) is 24.7 Å². The van der Waals surface area contributed by atoms with Crippen molar-refractivity contribution < 1.29 is 13.2 Å². The molecular formula is C18H16BF3N6. The molecule has 0 bridgehead atoms. The van der Waals surface area contributed by atoms with Crippen molar-refractivity contribution in [1.82, 2.24) is 24.6 Å². The van der Waals surface area contributed by atoms with Gasteiger partial charge in [-0.1, -0.05) is 19.9 Å². The summed E-state index contributed by atoms with van der Waals surface area (Å²) in [6, 6.07) is 7.32. The van der Waals surface area contributed by atoms with Gasteiger partial charge in [-0.05, 0) is 29.9 Å². The Balaban J connectivity index is 0.00000109. The van der Waals surface area contributed by atoms with Gasteiger partial charge in [-0.2, -0.15) is 4.98 Å². The molecule has 142 valence electrons. The summed E-state index contributed by atoms with van der Waals surface area (Å²) in [6.45, 7) is 3.30. The number of alkyl halides is 2. The lowest BCUT2D eigenvalue weighted by molar-refractivity contribution is 0.158. The van der Waals surface area contributed by atoms with Gasteiger partial charge in [-0.25, -0.2) is 13.2 Å². The van der Waals surface area contributed by atoms with E-state index in [1.807, 2.05) is 13.8 Å². The molecule has 6 nitrogen and oxygen atoms in total. The zero-order valence-corrected chi connectivity index (χ0v) is 15.2. The fraction of sp³-hybridized carbons (Fsp3) is 0.222. The van der Waals surface area contributed by atoms with Crippen LogP contribution in [0.15, 0.2) is 42.9 Å². The third-order valence-corrected chi connectivity index (χ3v) is 3.86. The lowest BCUT2D eigenvalue weighted by Gasteiger charge is -2.25. The minimum Gasteiger partial charge on any atom is -0.320 e. The topological polar surface area (TPSA) is 59.2 Å². The van der Waals surface area contributed by atoms with Gasteiger partial charge in [0.15, 0.2) is 0 Å². The lowest BCUT2D eigenvalue weighted by atomic mass is 10.0. The van der Waals surface area contributed by atoms with Gasteiger partial charge >= 0.3 is 0 Å². The second-order valence-corrected chi connectivity index (χ2v) is 5.51. The predicted octanol–water partition coefficient (Wildman–Crippen LogP) is 3.03. The highest BCUT2D eigenvalue weighted by atomic mass is 19.3. The second-order valence-electron chi connectivity index (χ2n) is 5.51. The molecule has 0 N–H and O–H groups in total. The number of fused-ring (bicyclic) bond motifs is 3. The molecule has 0 aliphatic rings. The van der Waals surface area contributed by atoms with Crippen LogP contribution in [-0.2, 0) is 0 Å². The fourth-order valence-corrected chi connectivity index (χ4v) is 2.81. The molecule has 1 aromatic carbocycles. The van der Waals surface area contributed by atoms with Crippen molar-refractivity contribution in [2.75, 3.05) is 11.4 Å². The van der Waals surface area contributed by atoms with Gasteiger partial charge in [-0.15, -0.1) is 10.2 Å². The van der Waals surface area contributed by atoms with E-state index in [2.05, 4.69) is 20.2 Å². The predicted molar refractivity (Wildman–Crippen MR) is 102 cm³/mol. The van der Waals surface area contributed by atoms with E-state index in [9.17, 15) is 13.2 Å². The van der Waals surface area contributed by atoms with E-state index < -0.39 is 18.8 Å². The van der Waals surface area contributed by atoms with Crippen molar-refractivity contribution in [1.29, 1.82) is 0 Å². The molecule has 0 amide bonds. The highest BCUT2D eigenvalue weighted by molar-refractivity contribution is 6.30. The first-order chi connectivity index (χ1) is 13.5. The average Bonchev–Trinajstić information content (AvgIpc) is 3.16. The Labute approximate surface area is 160 Å². The number of benzene rings is 1. The largest absolute Gasteiger partial charge is 0.320 e. The first-order valence-corrected chi connectivity index (χ1v) is 8.60. The van der Waals surface area contributed by atoms with Crippen molar-refractivity contribution >= 4 is 41.6 Å². The quantitative estimate of drug-likeness (QED) is 0.507. The first kappa shape index (κ1) is 19.6. The zero-order chi connectivity index (χ0) is 20.3. The summed E-state index contributed by atoms with van der Waals surface area (Å²) >= 11 is 0. The second kappa shape index (κ2) is 8.24. The van der Waals surface area contributed by atoms with Crippen LogP contribution in [-0.4, -0.2) is 45.4 Å². The number of aromatic nitrogens is 5. The smallest absolute Gasteiger partial charge is 0.257 e. The molecule has 0 aliphatic carbocycles. The van der Waals surface area contributed by atoms with E-state index >= 15 is 0 Å². The minimum absolute atomic E-state index is 0.00417. The molecule has 0 saturated heterocycles. The average molecular weight is 384 g/mol. The van der Waals surface area contributed by atoms with Crippen LogP contribution in [0.3, 0.4) is 0 Å². The number of anilines is 2. The number of pyridine rings is 1. The number of halogens is 3. The number of nitrogens with zero attached hydrogens (tertiary/aromatic N) is 6. The summed E-state index contributed by atoms with van der Waals surface area (Å²) in [5.74, 6) is -0.425. The first-order valence-electron chi connectivity index (χ1n) is 8.60. The molecule has 2 radical (unpaired) electrons. The summed E-state index contributed by atoms with van der Waals surface area (Å²) in [5, 5.41) is 7.70. The van der Waals surface area contributed by atoms with Crippen molar-refractivity contribution in [2.45, 2.75) is 20.3 Å². The molecular weight excluding hydrogens is 368 g/mol. The van der Waals surface area contributed by atoms with Crippen LogP contribution in [0.1, 0.15) is 13.8 Å². The zero-order valence-electron chi connectivity index (χ0n) is 15.2. The van der Waals surface area contributed by atoms with Gasteiger partial charge in [0.1, 0.15) is 25.8 Å². The van der Waals surface area contributed by atoms with Crippen LogP contribution in [0.25, 0.3) is 16.7 Å². The lowest BCUT2D eigenvalue weighted by Crippen LogP contribution is -2.27. The number of hydrogen-bond acceptors (Lipinski definition) is 5. The Kier molecular flexibility index (Phi) is 5.77. The third kappa shape index (κ3) is 3.62. The Morgan fingerprint density at radius 3 is 2.71 bits per heavy atom. The Morgan fingerprint density at radius 2 is 2.00 bits per heavy atom. The molecule has 0 unspecified atom stereocenters. The number of rotatable bonds is 4. The van der Waals surface area contributed by atoms with E-state index in [4.69, 9.17) is 7.85 Å². The molecule has 4 rings (SSSR count). The normalized spacial score (nSPS) is 10.9. The molecule has 0 fully saturated rings. The van der Waals surface area contributed by atoms with Gasteiger partial charge in [0.2, 0.25) is 0 Å². The maximum absolute atomic E-state index is 14.6. The van der Waals surface area contributed by atoms with Crippen molar-refractivity contribution in [2.24, 2.45) is 0 Å². The van der Waals surface area contributed by atoms with Gasteiger partial charge < -0.3 is 4.90 Å². The van der Waals surface area contributed by atoms with Crippen molar-refractivity contribution in [3.8, 4) is 0 Å².